The maximum atomic E-state index is 6.39. The van der Waals surface area contributed by atoms with Gasteiger partial charge in [-0.2, -0.15) is 0 Å². The fraction of sp³-hybridized carbons (Fsp3) is 0.0513. The van der Waals surface area contributed by atoms with Gasteiger partial charge in [0.25, 0.3) is 0 Å². The first-order valence-corrected chi connectivity index (χ1v) is 15.8. The van der Waals surface area contributed by atoms with E-state index in [0.29, 0.717) is 0 Å². The van der Waals surface area contributed by atoms with Crippen molar-refractivity contribution in [2.45, 2.75) is 12.5 Å². The fourth-order valence-corrected chi connectivity index (χ4v) is 8.31. The van der Waals surface area contributed by atoms with Gasteiger partial charge in [0.05, 0.1) is 17.3 Å². The number of hydrogen-bond donors (Lipinski definition) is 0. The van der Waals surface area contributed by atoms with Crippen molar-refractivity contribution in [2.24, 2.45) is 4.99 Å². The average molecular weight is 558 g/mol. The monoisotopic (exact) mass is 557 g/mol. The lowest BCUT2D eigenvalue weighted by atomic mass is 9.90. The molecular weight excluding hydrogens is 529 g/mol. The van der Waals surface area contributed by atoms with Gasteiger partial charge in [-0.1, -0.05) is 146 Å². The smallest absolute Gasteiger partial charge is 0.144 e. The Labute approximate surface area is 247 Å². The van der Waals surface area contributed by atoms with Gasteiger partial charge < -0.3 is 4.42 Å². The summed E-state index contributed by atoms with van der Waals surface area (Å²) >= 11 is 0. The second-order valence-electron chi connectivity index (χ2n) is 10.7. The van der Waals surface area contributed by atoms with Gasteiger partial charge in [-0.3, -0.25) is 4.99 Å². The van der Waals surface area contributed by atoms with E-state index in [0.717, 1.165) is 45.6 Å². The van der Waals surface area contributed by atoms with Crippen molar-refractivity contribution in [1.29, 1.82) is 0 Å². The van der Waals surface area contributed by atoms with E-state index in [4.69, 9.17) is 9.41 Å². The number of hydrogen-bond acceptors (Lipinski definition) is 2. The molecule has 5 aromatic carbocycles. The topological polar surface area (TPSA) is 25.5 Å². The SMILES string of the molecule is C1=CC2CC=C1c1oc3ccccc3c1/C(c1ccc(-c3ccc(P(c4ccccc4)c4ccccc4)cc3)cc1)=N\2. The lowest BCUT2D eigenvalue weighted by molar-refractivity contribution is 0.598. The molecule has 3 aliphatic rings. The average Bonchev–Trinajstić information content (AvgIpc) is 3.43. The highest BCUT2D eigenvalue weighted by Crippen LogP contribution is 2.38. The second kappa shape index (κ2) is 10.6. The Hall–Kier alpha value is -4.78. The van der Waals surface area contributed by atoms with Crippen LogP contribution in [0, 0.1) is 0 Å². The van der Waals surface area contributed by atoms with Crippen LogP contribution in [0.25, 0.3) is 27.7 Å². The number of furan rings is 1. The van der Waals surface area contributed by atoms with Crippen LogP contribution in [0.1, 0.15) is 23.3 Å². The third-order valence-electron chi connectivity index (χ3n) is 8.11. The first kappa shape index (κ1) is 25.0. The van der Waals surface area contributed by atoms with E-state index < -0.39 is 7.92 Å². The third kappa shape index (κ3) is 4.45. The molecule has 1 atom stereocenters. The van der Waals surface area contributed by atoms with Crippen LogP contribution in [0.3, 0.4) is 0 Å². The number of fused-ring (bicyclic) bond motifs is 2. The van der Waals surface area contributed by atoms with Gasteiger partial charge in [0.1, 0.15) is 11.3 Å². The highest BCUT2D eigenvalue weighted by Gasteiger charge is 2.26. The second-order valence-corrected chi connectivity index (χ2v) is 13.0. The van der Waals surface area contributed by atoms with E-state index in [-0.39, 0.29) is 6.04 Å². The summed E-state index contributed by atoms with van der Waals surface area (Å²) in [4.78, 5) is 5.24. The maximum absolute atomic E-state index is 6.39. The number of nitrogens with zero attached hydrogens (tertiary/aromatic N) is 1. The Bertz CT molecular complexity index is 1940. The van der Waals surface area contributed by atoms with Crippen molar-refractivity contribution in [2.75, 3.05) is 0 Å². The molecule has 2 bridgehead atoms. The van der Waals surface area contributed by atoms with Crippen LogP contribution >= 0.6 is 7.92 Å². The van der Waals surface area contributed by atoms with E-state index >= 15 is 0 Å². The predicted octanol–water partition coefficient (Wildman–Crippen LogP) is 8.42. The summed E-state index contributed by atoms with van der Waals surface area (Å²) in [6, 6.07) is 48.1. The van der Waals surface area contributed by atoms with Gasteiger partial charge in [-0.05, 0) is 47.4 Å². The summed E-state index contributed by atoms with van der Waals surface area (Å²) < 4.78 is 6.39. The molecule has 42 heavy (non-hydrogen) atoms. The van der Waals surface area contributed by atoms with E-state index in [2.05, 4.69) is 140 Å². The molecule has 0 spiro atoms. The Morgan fingerprint density at radius 3 is 1.81 bits per heavy atom. The Morgan fingerprint density at radius 1 is 0.595 bits per heavy atom. The first-order chi connectivity index (χ1) is 20.8. The van der Waals surface area contributed by atoms with Gasteiger partial charge in [-0.25, -0.2) is 0 Å². The van der Waals surface area contributed by atoms with E-state index in [9.17, 15) is 0 Å². The Kier molecular flexibility index (Phi) is 6.28. The van der Waals surface area contributed by atoms with Crippen molar-refractivity contribution < 1.29 is 4.42 Å². The van der Waals surface area contributed by atoms with Crippen LogP contribution < -0.4 is 15.9 Å². The third-order valence-corrected chi connectivity index (χ3v) is 10.6. The van der Waals surface area contributed by atoms with Gasteiger partial charge >= 0.3 is 0 Å². The molecule has 1 aromatic heterocycles. The summed E-state index contributed by atoms with van der Waals surface area (Å²) in [6.45, 7) is 0. The van der Waals surface area contributed by atoms with Crippen molar-refractivity contribution >= 4 is 46.1 Å². The largest absolute Gasteiger partial charge is 0.455 e. The highest BCUT2D eigenvalue weighted by atomic mass is 31.1. The molecule has 0 radical (unpaired) electrons. The molecule has 3 heteroatoms. The van der Waals surface area contributed by atoms with Crippen LogP contribution in [-0.4, -0.2) is 11.8 Å². The maximum Gasteiger partial charge on any atom is 0.144 e. The van der Waals surface area contributed by atoms with Crippen LogP contribution in [0.2, 0.25) is 0 Å². The van der Waals surface area contributed by atoms with Gasteiger partial charge in [0.15, 0.2) is 0 Å². The molecule has 1 aliphatic carbocycles. The van der Waals surface area contributed by atoms with Crippen molar-refractivity contribution in [3.63, 3.8) is 0 Å². The van der Waals surface area contributed by atoms with Crippen molar-refractivity contribution in [1.82, 2.24) is 0 Å². The Balaban J connectivity index is 1.15. The quantitative estimate of drug-likeness (QED) is 0.195. The summed E-state index contributed by atoms with van der Waals surface area (Å²) in [7, 11) is -0.618. The van der Waals surface area contributed by atoms with Gasteiger partial charge in [0.2, 0.25) is 0 Å². The summed E-state index contributed by atoms with van der Waals surface area (Å²) in [5.41, 5.74) is 7.67. The fourth-order valence-electron chi connectivity index (χ4n) is 6.03. The molecule has 0 fully saturated rings. The summed E-state index contributed by atoms with van der Waals surface area (Å²) in [6.07, 6.45) is 7.50. The number of para-hydroxylation sites is 1. The first-order valence-electron chi connectivity index (χ1n) is 14.4. The summed E-state index contributed by atoms with van der Waals surface area (Å²) in [5, 5.41) is 5.19. The standard InChI is InChI=1S/C39H28NOP/c1-3-9-32(10-4-1)42(33-11-5-2-6-12-33)34-25-21-28(22-26-34)27-15-17-29(18-16-27)38-37-35-13-7-8-14-36(35)41-39(37)30-19-23-31(40-38)24-20-30/h1-23,25-26,31H,24H2/b40-38-. The van der Waals surface area contributed by atoms with Crippen LogP contribution in [-0.2, 0) is 0 Å². The molecule has 9 rings (SSSR count). The molecule has 0 amide bonds. The molecule has 6 aromatic rings. The summed E-state index contributed by atoms with van der Waals surface area (Å²) in [5.74, 6) is 0.914. The van der Waals surface area contributed by atoms with Crippen LogP contribution in [0.4, 0.5) is 0 Å². The highest BCUT2D eigenvalue weighted by molar-refractivity contribution is 7.79. The molecule has 200 valence electrons. The number of allylic oxidation sites excluding steroid dienone is 2. The van der Waals surface area contributed by atoms with E-state index in [1.54, 1.807) is 0 Å². The van der Waals surface area contributed by atoms with Gasteiger partial charge in [-0.15, -0.1) is 0 Å². The normalized spacial score (nSPS) is 16.9. The molecule has 0 N–H and O–H groups in total. The minimum Gasteiger partial charge on any atom is -0.455 e. The number of rotatable bonds is 5. The Morgan fingerprint density at radius 2 is 1.17 bits per heavy atom. The zero-order valence-corrected chi connectivity index (χ0v) is 23.9. The van der Waals surface area contributed by atoms with Crippen LogP contribution in [0.15, 0.2) is 161 Å². The van der Waals surface area contributed by atoms with Gasteiger partial charge in [0, 0.05) is 16.5 Å². The molecular formula is C39H28NOP. The zero-order valence-electron chi connectivity index (χ0n) is 23.0. The lowest BCUT2D eigenvalue weighted by Gasteiger charge is -2.20. The zero-order chi connectivity index (χ0) is 27.9. The molecule has 2 aliphatic heterocycles. The molecule has 0 saturated heterocycles. The van der Waals surface area contributed by atoms with Crippen molar-refractivity contribution in [3.05, 3.63) is 169 Å². The number of benzene rings is 5. The van der Waals surface area contributed by atoms with Crippen molar-refractivity contribution in [3.8, 4) is 11.1 Å². The molecule has 0 saturated carbocycles. The lowest BCUT2D eigenvalue weighted by Crippen LogP contribution is -2.20. The van der Waals surface area contributed by atoms with E-state index in [1.165, 1.54) is 27.0 Å². The minimum absolute atomic E-state index is 0.141. The molecule has 3 heterocycles. The molecule has 2 nitrogen and oxygen atoms in total. The minimum atomic E-state index is -0.618. The van der Waals surface area contributed by atoms with E-state index in [1.807, 2.05) is 12.1 Å². The van der Waals surface area contributed by atoms with Crippen LogP contribution in [0.5, 0.6) is 0 Å². The molecule has 1 unspecified atom stereocenters. The number of aliphatic imine (C=N–C) groups is 1. The predicted molar refractivity (Wildman–Crippen MR) is 178 cm³/mol.